The van der Waals surface area contributed by atoms with Gasteiger partial charge in [0, 0.05) is 6.42 Å². The van der Waals surface area contributed by atoms with E-state index in [1.165, 1.54) is 19.3 Å². The van der Waals surface area contributed by atoms with Crippen LogP contribution in [-0.4, -0.2) is 33.3 Å². The summed E-state index contributed by atoms with van der Waals surface area (Å²) in [4.78, 5) is 0. The maximum atomic E-state index is 4.12. The fraction of sp³-hybridized carbons (Fsp3) is 0.889. The second-order valence-electron chi connectivity index (χ2n) is 4.33. The maximum absolute atomic E-state index is 4.12. The third kappa shape index (κ3) is 1.52. The van der Waals surface area contributed by atoms with E-state index < -0.39 is 0 Å². The Morgan fingerprint density at radius 2 is 2.29 bits per heavy atom. The Labute approximate surface area is 82.9 Å². The predicted molar refractivity (Wildman–Crippen MR) is 50.8 cm³/mol. The molecule has 1 aromatic heterocycles. The average Bonchev–Trinajstić information content (AvgIpc) is 2.74. The zero-order valence-corrected chi connectivity index (χ0v) is 8.19. The van der Waals surface area contributed by atoms with Crippen LogP contribution in [0.4, 0.5) is 0 Å². The maximum Gasteiger partial charge on any atom is 0.151 e. The minimum atomic E-state index is 0.606. The van der Waals surface area contributed by atoms with Gasteiger partial charge in [0.1, 0.15) is 0 Å². The molecule has 5 nitrogen and oxygen atoms in total. The van der Waals surface area contributed by atoms with Crippen molar-refractivity contribution in [2.75, 3.05) is 13.1 Å². The lowest BCUT2D eigenvalue weighted by Crippen LogP contribution is -2.14. The third-order valence-corrected chi connectivity index (χ3v) is 3.09. The van der Waals surface area contributed by atoms with Gasteiger partial charge in [-0.25, -0.2) is 4.68 Å². The summed E-state index contributed by atoms with van der Waals surface area (Å²) < 4.78 is 2.03. The third-order valence-electron chi connectivity index (χ3n) is 3.09. The van der Waals surface area contributed by atoms with E-state index in [0.29, 0.717) is 6.04 Å². The molecular formula is C9H15N5. The topological polar surface area (TPSA) is 55.6 Å². The highest BCUT2D eigenvalue weighted by molar-refractivity contribution is 4.93. The molecule has 2 fully saturated rings. The molecule has 1 unspecified atom stereocenters. The van der Waals surface area contributed by atoms with Crippen LogP contribution >= 0.6 is 0 Å². The summed E-state index contributed by atoms with van der Waals surface area (Å²) in [6.07, 6.45) is 4.80. The van der Waals surface area contributed by atoms with Gasteiger partial charge in [-0.1, -0.05) is 0 Å². The van der Waals surface area contributed by atoms with Crippen molar-refractivity contribution >= 4 is 0 Å². The smallest absolute Gasteiger partial charge is 0.151 e. The molecule has 1 saturated carbocycles. The van der Waals surface area contributed by atoms with Gasteiger partial charge >= 0.3 is 0 Å². The Morgan fingerprint density at radius 3 is 3.00 bits per heavy atom. The summed E-state index contributed by atoms with van der Waals surface area (Å²) in [6, 6.07) is 0.606. The second kappa shape index (κ2) is 3.31. The Balaban J connectivity index is 1.71. The van der Waals surface area contributed by atoms with E-state index in [-0.39, 0.29) is 0 Å². The molecule has 1 aliphatic heterocycles. The summed E-state index contributed by atoms with van der Waals surface area (Å²) in [7, 11) is 0. The van der Waals surface area contributed by atoms with E-state index in [0.717, 1.165) is 31.3 Å². The molecule has 0 spiro atoms. The Morgan fingerprint density at radius 1 is 1.36 bits per heavy atom. The van der Waals surface area contributed by atoms with Crippen molar-refractivity contribution in [3.63, 3.8) is 0 Å². The SMILES string of the molecule is C1CC(Cc2nnnn2C2CC2)CN1. The monoisotopic (exact) mass is 193 g/mol. The number of nitrogens with zero attached hydrogens (tertiary/aromatic N) is 4. The van der Waals surface area contributed by atoms with Gasteiger partial charge in [-0.2, -0.15) is 0 Å². The molecule has 0 radical (unpaired) electrons. The van der Waals surface area contributed by atoms with E-state index in [4.69, 9.17) is 0 Å². The molecule has 0 amide bonds. The van der Waals surface area contributed by atoms with Crippen molar-refractivity contribution in [1.82, 2.24) is 25.5 Å². The second-order valence-corrected chi connectivity index (χ2v) is 4.33. The van der Waals surface area contributed by atoms with Crippen molar-refractivity contribution in [1.29, 1.82) is 0 Å². The molecule has 2 aliphatic rings. The molecule has 5 heteroatoms. The van der Waals surface area contributed by atoms with Gasteiger partial charge in [-0.05, 0) is 48.7 Å². The molecule has 76 valence electrons. The van der Waals surface area contributed by atoms with E-state index >= 15 is 0 Å². The summed E-state index contributed by atoms with van der Waals surface area (Å²) in [5.74, 6) is 1.82. The summed E-state index contributed by atoms with van der Waals surface area (Å²) in [5.41, 5.74) is 0. The quantitative estimate of drug-likeness (QED) is 0.743. The largest absolute Gasteiger partial charge is 0.316 e. The van der Waals surface area contributed by atoms with Crippen molar-refractivity contribution in [2.45, 2.75) is 31.7 Å². The number of tetrazole rings is 1. The predicted octanol–water partition coefficient (Wildman–Crippen LogP) is 0.160. The van der Waals surface area contributed by atoms with Crippen LogP contribution in [0.15, 0.2) is 0 Å². The van der Waals surface area contributed by atoms with Gasteiger partial charge in [-0.15, -0.1) is 5.10 Å². The van der Waals surface area contributed by atoms with Gasteiger partial charge in [0.05, 0.1) is 6.04 Å². The van der Waals surface area contributed by atoms with Crippen LogP contribution in [0.1, 0.15) is 31.1 Å². The first-order valence-electron chi connectivity index (χ1n) is 5.41. The minimum absolute atomic E-state index is 0.606. The lowest BCUT2D eigenvalue weighted by molar-refractivity contribution is 0.513. The highest BCUT2D eigenvalue weighted by atomic mass is 15.6. The summed E-state index contributed by atoms with van der Waals surface area (Å²) in [6.45, 7) is 2.27. The lowest BCUT2D eigenvalue weighted by Gasteiger charge is -2.07. The molecule has 1 saturated heterocycles. The molecule has 3 rings (SSSR count). The molecule has 1 aromatic rings. The molecule has 1 N–H and O–H groups in total. The zero-order valence-electron chi connectivity index (χ0n) is 8.19. The highest BCUT2D eigenvalue weighted by Gasteiger charge is 2.28. The van der Waals surface area contributed by atoms with Gasteiger partial charge < -0.3 is 5.32 Å². The van der Waals surface area contributed by atoms with Crippen LogP contribution in [0.3, 0.4) is 0 Å². The first-order chi connectivity index (χ1) is 6.93. The molecule has 0 aromatic carbocycles. The number of hydrogen-bond donors (Lipinski definition) is 1. The Hall–Kier alpha value is -0.970. The van der Waals surface area contributed by atoms with Crippen LogP contribution in [0, 0.1) is 5.92 Å². The first kappa shape index (κ1) is 8.35. The Bertz CT molecular complexity index is 311. The van der Waals surface area contributed by atoms with E-state index in [1.54, 1.807) is 0 Å². The van der Waals surface area contributed by atoms with Crippen LogP contribution in [0.2, 0.25) is 0 Å². The molecule has 1 atom stereocenters. The van der Waals surface area contributed by atoms with Gasteiger partial charge in [-0.3, -0.25) is 0 Å². The van der Waals surface area contributed by atoms with Crippen LogP contribution in [0.25, 0.3) is 0 Å². The fourth-order valence-corrected chi connectivity index (χ4v) is 2.10. The minimum Gasteiger partial charge on any atom is -0.316 e. The molecule has 14 heavy (non-hydrogen) atoms. The number of hydrogen-bond acceptors (Lipinski definition) is 4. The van der Waals surface area contributed by atoms with Crippen molar-refractivity contribution in [2.24, 2.45) is 5.92 Å². The first-order valence-corrected chi connectivity index (χ1v) is 5.41. The van der Waals surface area contributed by atoms with E-state index in [2.05, 4.69) is 20.8 Å². The molecule has 2 heterocycles. The number of rotatable bonds is 3. The van der Waals surface area contributed by atoms with Gasteiger partial charge in [0.15, 0.2) is 5.82 Å². The highest BCUT2D eigenvalue weighted by Crippen LogP contribution is 2.34. The van der Waals surface area contributed by atoms with Crippen LogP contribution < -0.4 is 5.32 Å². The van der Waals surface area contributed by atoms with Crippen molar-refractivity contribution < 1.29 is 0 Å². The fourth-order valence-electron chi connectivity index (χ4n) is 2.10. The normalized spacial score (nSPS) is 27.0. The van der Waals surface area contributed by atoms with Crippen LogP contribution in [-0.2, 0) is 6.42 Å². The summed E-state index contributed by atoms with van der Waals surface area (Å²) in [5, 5.41) is 15.3. The molecule has 0 bridgehead atoms. The summed E-state index contributed by atoms with van der Waals surface area (Å²) >= 11 is 0. The Kier molecular flexibility index (Phi) is 1.97. The standard InChI is InChI=1S/C9H15N5/c1-2-8(1)14-9(11-12-13-14)5-7-3-4-10-6-7/h7-8,10H,1-6H2. The van der Waals surface area contributed by atoms with E-state index in [9.17, 15) is 0 Å². The van der Waals surface area contributed by atoms with Crippen molar-refractivity contribution in [3.05, 3.63) is 5.82 Å². The molecular weight excluding hydrogens is 178 g/mol. The van der Waals surface area contributed by atoms with Crippen molar-refractivity contribution in [3.8, 4) is 0 Å². The average molecular weight is 193 g/mol. The van der Waals surface area contributed by atoms with Crippen LogP contribution in [0.5, 0.6) is 0 Å². The number of nitrogens with one attached hydrogen (secondary N) is 1. The number of aromatic nitrogens is 4. The van der Waals surface area contributed by atoms with E-state index in [1.807, 2.05) is 4.68 Å². The lowest BCUT2D eigenvalue weighted by atomic mass is 10.0. The van der Waals surface area contributed by atoms with Gasteiger partial charge in [0.25, 0.3) is 0 Å². The zero-order chi connectivity index (χ0) is 9.38. The van der Waals surface area contributed by atoms with Gasteiger partial charge in [0.2, 0.25) is 0 Å². The molecule has 1 aliphatic carbocycles.